The second-order valence-electron chi connectivity index (χ2n) is 3.95. The third-order valence-electron chi connectivity index (χ3n) is 2.36. The van der Waals surface area contributed by atoms with Gasteiger partial charge < -0.3 is 0 Å². The van der Waals surface area contributed by atoms with Gasteiger partial charge in [0.1, 0.15) is 11.0 Å². The Balaban J connectivity index is 2.31. The summed E-state index contributed by atoms with van der Waals surface area (Å²) in [5.74, 6) is 0. The van der Waals surface area contributed by atoms with Crippen LogP contribution in [0.2, 0.25) is 0 Å². The molecule has 1 saturated carbocycles. The highest BCUT2D eigenvalue weighted by Crippen LogP contribution is 2.40. The van der Waals surface area contributed by atoms with Gasteiger partial charge in [0.2, 0.25) is 0 Å². The van der Waals surface area contributed by atoms with Crippen molar-refractivity contribution in [1.29, 1.82) is 0 Å². The first-order chi connectivity index (χ1) is 8.56. The molecule has 96 valence electrons. The molecule has 7 heteroatoms. The quantitative estimate of drug-likeness (QED) is 0.473. The van der Waals surface area contributed by atoms with Crippen molar-refractivity contribution in [3.05, 3.63) is 33.9 Å². The van der Waals surface area contributed by atoms with Gasteiger partial charge in [0, 0.05) is 40.3 Å². The maximum absolute atomic E-state index is 11.0. The molecule has 0 aromatic heterocycles. The van der Waals surface area contributed by atoms with Gasteiger partial charge in [0.25, 0.3) is 5.69 Å². The summed E-state index contributed by atoms with van der Waals surface area (Å²) in [6.45, 7) is 0. The summed E-state index contributed by atoms with van der Waals surface area (Å²) in [5, 5.41) is 11.3. The van der Waals surface area contributed by atoms with Gasteiger partial charge in [-0.2, -0.15) is 4.40 Å². The minimum Gasteiger partial charge on any atom is -0.258 e. The molecule has 0 heterocycles. The number of rotatable bonds is 5. The molecule has 2 rings (SSSR count). The van der Waals surface area contributed by atoms with Gasteiger partial charge in [0.15, 0.2) is 0 Å². The van der Waals surface area contributed by atoms with Crippen molar-refractivity contribution in [1.82, 2.24) is 0 Å². The van der Waals surface area contributed by atoms with E-state index in [9.17, 15) is 14.3 Å². The fraction of sp³-hybridized carbons (Fsp3) is 0.364. The Kier molecular flexibility index (Phi) is 4.13. The zero-order valence-electron chi connectivity index (χ0n) is 9.74. The Morgan fingerprint density at radius 3 is 2.83 bits per heavy atom. The molecule has 1 fully saturated rings. The van der Waals surface area contributed by atoms with E-state index in [1.165, 1.54) is 37.4 Å². The lowest BCUT2D eigenvalue weighted by molar-refractivity contribution is -0.384. The summed E-state index contributed by atoms with van der Waals surface area (Å²) in [6.07, 6.45) is 5.27. The first-order valence-electron chi connectivity index (χ1n) is 5.39. The predicted octanol–water partition coefficient (Wildman–Crippen LogP) is 2.56. The molecule has 1 aliphatic rings. The van der Waals surface area contributed by atoms with Crippen LogP contribution in [0, 0.1) is 10.1 Å². The van der Waals surface area contributed by atoms with Crippen molar-refractivity contribution in [3.8, 4) is 0 Å². The van der Waals surface area contributed by atoms with E-state index in [1.54, 1.807) is 17.8 Å². The first-order valence-corrected chi connectivity index (χ1v) is 7.78. The fourth-order valence-electron chi connectivity index (χ4n) is 1.35. The lowest BCUT2D eigenvalue weighted by Gasteiger charge is -2.04. The van der Waals surface area contributed by atoms with Crippen LogP contribution in [0.3, 0.4) is 0 Å². The fourth-order valence-corrected chi connectivity index (χ4v) is 2.74. The lowest BCUT2D eigenvalue weighted by Crippen LogP contribution is -1.94. The van der Waals surface area contributed by atoms with Crippen molar-refractivity contribution in [2.75, 3.05) is 6.26 Å². The average Bonchev–Trinajstić information content (AvgIpc) is 3.11. The molecule has 5 nitrogen and oxygen atoms in total. The van der Waals surface area contributed by atoms with E-state index in [0.29, 0.717) is 10.8 Å². The topological polar surface area (TPSA) is 72.6 Å². The van der Waals surface area contributed by atoms with Crippen LogP contribution in [0.25, 0.3) is 0 Å². The van der Waals surface area contributed by atoms with Crippen molar-refractivity contribution >= 4 is 34.6 Å². The van der Waals surface area contributed by atoms with Crippen LogP contribution in [0.4, 0.5) is 5.69 Å². The summed E-state index contributed by atoms with van der Waals surface area (Å²) < 4.78 is 14.7. The van der Waals surface area contributed by atoms with E-state index in [4.69, 9.17) is 0 Å². The Labute approximate surface area is 111 Å². The molecule has 1 unspecified atom stereocenters. The third-order valence-corrected chi connectivity index (χ3v) is 4.20. The highest BCUT2D eigenvalue weighted by Gasteiger charge is 2.24. The summed E-state index contributed by atoms with van der Waals surface area (Å²) in [6, 6.07) is 4.70. The number of benzene rings is 1. The summed E-state index contributed by atoms with van der Waals surface area (Å²) >= 11 is 1.70. The largest absolute Gasteiger partial charge is 0.270 e. The predicted molar refractivity (Wildman–Crippen MR) is 73.6 cm³/mol. The molecule has 0 amide bonds. The van der Waals surface area contributed by atoms with Crippen LogP contribution in [0.5, 0.6) is 0 Å². The highest BCUT2D eigenvalue weighted by atomic mass is 32.2. The van der Waals surface area contributed by atoms with Gasteiger partial charge in [0.05, 0.1) is 4.92 Å². The van der Waals surface area contributed by atoms with E-state index >= 15 is 0 Å². The molecular weight excluding hydrogens is 272 g/mol. The van der Waals surface area contributed by atoms with Gasteiger partial charge in [-0.3, -0.25) is 10.1 Å². The van der Waals surface area contributed by atoms with E-state index < -0.39 is 15.9 Å². The van der Waals surface area contributed by atoms with Gasteiger partial charge in [-0.05, 0) is 18.9 Å². The molecule has 1 aromatic carbocycles. The average molecular weight is 284 g/mol. The van der Waals surface area contributed by atoms with Crippen LogP contribution >= 0.6 is 11.8 Å². The molecule has 1 atom stereocenters. The molecule has 0 aliphatic heterocycles. The van der Waals surface area contributed by atoms with E-state index in [0.717, 1.165) is 4.90 Å². The SMILES string of the molecule is CS(=O)N=Cc1cc([N+](=O)[O-])ccc1SC1CC1. The maximum Gasteiger partial charge on any atom is 0.270 e. The molecule has 0 bridgehead atoms. The Hall–Kier alpha value is -1.21. The number of nitro benzene ring substituents is 1. The van der Waals surface area contributed by atoms with Gasteiger partial charge in [-0.25, -0.2) is 4.21 Å². The van der Waals surface area contributed by atoms with Crippen molar-refractivity contribution in [2.24, 2.45) is 4.40 Å². The number of nitrogens with zero attached hydrogens (tertiary/aromatic N) is 2. The van der Waals surface area contributed by atoms with Crippen molar-refractivity contribution in [2.45, 2.75) is 23.0 Å². The van der Waals surface area contributed by atoms with Crippen molar-refractivity contribution < 1.29 is 9.13 Å². The van der Waals surface area contributed by atoms with E-state index in [-0.39, 0.29) is 5.69 Å². The summed E-state index contributed by atoms with van der Waals surface area (Å²) in [5.41, 5.74) is 0.690. The summed E-state index contributed by atoms with van der Waals surface area (Å²) in [4.78, 5) is 11.2. The number of hydrogen-bond acceptors (Lipinski definition) is 4. The second kappa shape index (κ2) is 5.62. The van der Waals surface area contributed by atoms with E-state index in [1.807, 2.05) is 0 Å². The van der Waals surface area contributed by atoms with Crippen LogP contribution in [0.1, 0.15) is 18.4 Å². The second-order valence-corrected chi connectivity index (χ2v) is 6.36. The molecule has 18 heavy (non-hydrogen) atoms. The van der Waals surface area contributed by atoms with Crippen LogP contribution in [0.15, 0.2) is 27.5 Å². The summed E-state index contributed by atoms with van der Waals surface area (Å²) in [7, 11) is -1.30. The molecule has 1 aromatic rings. The maximum atomic E-state index is 11.0. The zero-order valence-corrected chi connectivity index (χ0v) is 11.4. The number of non-ortho nitro benzene ring substituents is 1. The smallest absolute Gasteiger partial charge is 0.258 e. The zero-order chi connectivity index (χ0) is 13.1. The monoisotopic (exact) mass is 284 g/mol. The normalized spacial score (nSPS) is 16.9. The minimum absolute atomic E-state index is 0.0264. The van der Waals surface area contributed by atoms with Gasteiger partial charge in [-0.1, -0.05) is 0 Å². The standard InChI is InChI=1S/C11H12N2O3S2/c1-18(16)12-7-8-6-9(13(14)15)2-5-11(8)17-10-3-4-10/h2,5-7,10H,3-4H2,1H3. The molecule has 0 radical (unpaired) electrons. The molecular formula is C11H12N2O3S2. The van der Waals surface area contributed by atoms with Gasteiger partial charge >= 0.3 is 0 Å². The third kappa shape index (κ3) is 3.64. The molecule has 0 spiro atoms. The molecule has 0 saturated heterocycles. The Morgan fingerprint density at radius 2 is 2.28 bits per heavy atom. The van der Waals surface area contributed by atoms with Crippen LogP contribution < -0.4 is 0 Å². The lowest BCUT2D eigenvalue weighted by atomic mass is 10.2. The first kappa shape index (κ1) is 13.2. The Morgan fingerprint density at radius 1 is 1.56 bits per heavy atom. The highest BCUT2D eigenvalue weighted by molar-refractivity contribution is 8.00. The number of hydrogen-bond donors (Lipinski definition) is 0. The van der Waals surface area contributed by atoms with Crippen molar-refractivity contribution in [3.63, 3.8) is 0 Å². The molecule has 0 N–H and O–H groups in total. The Bertz CT molecular complexity index is 527. The van der Waals surface area contributed by atoms with Crippen LogP contribution in [-0.2, 0) is 11.0 Å². The molecule has 1 aliphatic carbocycles. The van der Waals surface area contributed by atoms with Crippen LogP contribution in [-0.4, -0.2) is 26.9 Å². The minimum atomic E-state index is -1.30. The van der Waals surface area contributed by atoms with Gasteiger partial charge in [-0.15, -0.1) is 11.8 Å². The number of nitro groups is 1. The van der Waals surface area contributed by atoms with E-state index in [2.05, 4.69) is 4.40 Å². The number of thioether (sulfide) groups is 1.